The first-order valence-corrected chi connectivity index (χ1v) is 7.84. The molecule has 0 bridgehead atoms. The molecule has 2 aromatic carbocycles. The quantitative estimate of drug-likeness (QED) is 0.738. The van der Waals surface area contributed by atoms with Gasteiger partial charge in [0.1, 0.15) is 0 Å². The lowest BCUT2D eigenvalue weighted by Gasteiger charge is -2.08. The maximum absolute atomic E-state index is 12.0. The van der Waals surface area contributed by atoms with E-state index in [9.17, 15) is 4.79 Å². The van der Waals surface area contributed by atoms with E-state index in [1.54, 1.807) is 7.11 Å². The van der Waals surface area contributed by atoms with Crippen LogP contribution >= 0.6 is 15.9 Å². The van der Waals surface area contributed by atoms with Gasteiger partial charge in [0.25, 0.3) is 0 Å². The molecule has 0 aliphatic carbocycles. The average Bonchev–Trinajstić information content (AvgIpc) is 2.51. The first-order chi connectivity index (χ1) is 10.7. The normalized spacial score (nSPS) is 10.3. The fourth-order valence-electron chi connectivity index (χ4n) is 1.96. The molecule has 0 aromatic heterocycles. The highest BCUT2D eigenvalue weighted by molar-refractivity contribution is 9.10. The molecule has 2 N–H and O–H groups in total. The fraction of sp³-hybridized carbons (Fsp3) is 0.235. The van der Waals surface area contributed by atoms with Crippen molar-refractivity contribution in [2.45, 2.75) is 6.42 Å². The largest absolute Gasteiger partial charge is 0.383 e. The third-order valence-corrected chi connectivity index (χ3v) is 3.61. The zero-order chi connectivity index (χ0) is 15.8. The molecule has 0 saturated carbocycles. The van der Waals surface area contributed by atoms with Crippen LogP contribution in [0.25, 0.3) is 0 Å². The Morgan fingerprint density at radius 2 is 1.68 bits per heavy atom. The van der Waals surface area contributed by atoms with E-state index in [0.717, 1.165) is 28.0 Å². The molecule has 0 heterocycles. The van der Waals surface area contributed by atoms with Crippen molar-refractivity contribution in [1.82, 2.24) is 0 Å². The van der Waals surface area contributed by atoms with Gasteiger partial charge in [0.2, 0.25) is 5.91 Å². The number of ether oxygens (including phenoxy) is 1. The highest BCUT2D eigenvalue weighted by atomic mass is 79.9. The minimum Gasteiger partial charge on any atom is -0.383 e. The molecule has 22 heavy (non-hydrogen) atoms. The van der Waals surface area contributed by atoms with Crippen molar-refractivity contribution >= 4 is 33.2 Å². The summed E-state index contributed by atoms with van der Waals surface area (Å²) in [6, 6.07) is 15.4. The van der Waals surface area contributed by atoms with Gasteiger partial charge in [-0.2, -0.15) is 0 Å². The van der Waals surface area contributed by atoms with Crippen LogP contribution in [0, 0.1) is 0 Å². The molecule has 5 heteroatoms. The van der Waals surface area contributed by atoms with Crippen LogP contribution in [0.5, 0.6) is 0 Å². The van der Waals surface area contributed by atoms with Gasteiger partial charge in [-0.1, -0.05) is 28.1 Å². The number of hydrogen-bond donors (Lipinski definition) is 2. The molecule has 2 aromatic rings. The Balaban J connectivity index is 1.84. The van der Waals surface area contributed by atoms with Crippen molar-refractivity contribution in [3.63, 3.8) is 0 Å². The minimum atomic E-state index is -0.0255. The molecule has 0 aliphatic heterocycles. The Morgan fingerprint density at radius 1 is 1.05 bits per heavy atom. The minimum absolute atomic E-state index is 0.0255. The second-order valence-electron chi connectivity index (χ2n) is 4.85. The van der Waals surface area contributed by atoms with Crippen LogP contribution in [0.2, 0.25) is 0 Å². The monoisotopic (exact) mass is 362 g/mol. The van der Waals surface area contributed by atoms with Gasteiger partial charge in [-0.3, -0.25) is 4.79 Å². The second-order valence-corrected chi connectivity index (χ2v) is 5.76. The summed E-state index contributed by atoms with van der Waals surface area (Å²) in [4.78, 5) is 12.0. The molecule has 0 saturated heterocycles. The number of halogens is 1. The van der Waals surface area contributed by atoms with Crippen molar-refractivity contribution in [3.8, 4) is 0 Å². The van der Waals surface area contributed by atoms with E-state index in [0.29, 0.717) is 13.0 Å². The van der Waals surface area contributed by atoms with E-state index in [1.165, 1.54) is 0 Å². The molecule has 1 amide bonds. The third kappa shape index (κ3) is 5.50. The predicted octanol–water partition coefficient (Wildman–Crippen LogP) is 3.69. The number of rotatable bonds is 7. The number of hydrogen-bond acceptors (Lipinski definition) is 3. The van der Waals surface area contributed by atoms with E-state index in [2.05, 4.69) is 26.6 Å². The molecule has 0 radical (unpaired) electrons. The summed E-state index contributed by atoms with van der Waals surface area (Å²) in [6.07, 6.45) is 0.362. The second kappa shape index (κ2) is 8.56. The summed E-state index contributed by atoms with van der Waals surface area (Å²) in [6.45, 7) is 1.41. The molecule has 0 aliphatic rings. The lowest BCUT2D eigenvalue weighted by atomic mass is 10.1. The number of benzene rings is 2. The fourth-order valence-corrected chi connectivity index (χ4v) is 2.23. The van der Waals surface area contributed by atoms with Crippen molar-refractivity contribution < 1.29 is 9.53 Å². The summed E-state index contributed by atoms with van der Waals surface area (Å²) in [5.74, 6) is -0.0255. The summed E-state index contributed by atoms with van der Waals surface area (Å²) in [7, 11) is 1.67. The molecule has 4 nitrogen and oxygen atoms in total. The summed E-state index contributed by atoms with van der Waals surface area (Å²) < 4.78 is 5.99. The van der Waals surface area contributed by atoms with Crippen molar-refractivity contribution in [2.24, 2.45) is 0 Å². The van der Waals surface area contributed by atoms with Crippen LogP contribution in [-0.4, -0.2) is 26.2 Å². The van der Waals surface area contributed by atoms with Crippen LogP contribution in [-0.2, 0) is 16.0 Å². The Hall–Kier alpha value is -1.85. The van der Waals surface area contributed by atoms with Gasteiger partial charge in [0.15, 0.2) is 0 Å². The molecule has 0 atom stereocenters. The lowest BCUT2D eigenvalue weighted by molar-refractivity contribution is -0.115. The first-order valence-electron chi connectivity index (χ1n) is 7.04. The number of anilines is 2. The van der Waals surface area contributed by atoms with E-state index in [-0.39, 0.29) is 5.91 Å². The van der Waals surface area contributed by atoms with E-state index >= 15 is 0 Å². The molecule has 0 unspecified atom stereocenters. The van der Waals surface area contributed by atoms with Crippen LogP contribution in [0.3, 0.4) is 0 Å². The third-order valence-electron chi connectivity index (χ3n) is 3.08. The molecule has 0 fully saturated rings. The Kier molecular flexibility index (Phi) is 6.43. The van der Waals surface area contributed by atoms with Gasteiger partial charge in [-0.25, -0.2) is 0 Å². The summed E-state index contributed by atoms with van der Waals surface area (Å²) in [5, 5.41) is 6.13. The van der Waals surface area contributed by atoms with Gasteiger partial charge in [-0.05, 0) is 42.0 Å². The molecule has 116 valence electrons. The molecular formula is C17H19BrN2O2. The van der Waals surface area contributed by atoms with Gasteiger partial charge < -0.3 is 15.4 Å². The van der Waals surface area contributed by atoms with Crippen LogP contribution < -0.4 is 10.6 Å². The predicted molar refractivity (Wildman–Crippen MR) is 93.3 cm³/mol. The van der Waals surface area contributed by atoms with Crippen LogP contribution in [0.4, 0.5) is 11.4 Å². The average molecular weight is 363 g/mol. The zero-order valence-electron chi connectivity index (χ0n) is 12.4. The van der Waals surface area contributed by atoms with Crippen molar-refractivity contribution in [3.05, 3.63) is 58.6 Å². The van der Waals surface area contributed by atoms with E-state index in [1.807, 2.05) is 48.5 Å². The number of carbonyl (C=O) groups is 1. The van der Waals surface area contributed by atoms with Crippen LogP contribution in [0.15, 0.2) is 53.0 Å². The molecular weight excluding hydrogens is 344 g/mol. The maximum Gasteiger partial charge on any atom is 0.228 e. The lowest BCUT2D eigenvalue weighted by Crippen LogP contribution is -2.14. The summed E-state index contributed by atoms with van der Waals surface area (Å²) in [5.41, 5.74) is 2.78. The van der Waals surface area contributed by atoms with Crippen molar-refractivity contribution in [1.29, 1.82) is 0 Å². The first kappa shape index (κ1) is 16.5. The smallest absolute Gasteiger partial charge is 0.228 e. The van der Waals surface area contributed by atoms with Gasteiger partial charge >= 0.3 is 0 Å². The van der Waals surface area contributed by atoms with Crippen molar-refractivity contribution in [2.75, 3.05) is 30.9 Å². The zero-order valence-corrected chi connectivity index (χ0v) is 14.0. The highest BCUT2D eigenvalue weighted by Crippen LogP contribution is 2.15. The van der Waals surface area contributed by atoms with Gasteiger partial charge in [0.05, 0.1) is 13.0 Å². The SMILES string of the molecule is COCCNc1ccc(NC(=O)Cc2ccc(Br)cc2)cc1. The number of nitrogens with one attached hydrogen (secondary N) is 2. The summed E-state index contributed by atoms with van der Waals surface area (Å²) >= 11 is 3.38. The Labute approximate surface area is 139 Å². The van der Waals surface area contributed by atoms with E-state index in [4.69, 9.17) is 4.74 Å². The number of amides is 1. The van der Waals surface area contributed by atoms with E-state index < -0.39 is 0 Å². The van der Waals surface area contributed by atoms with Crippen LogP contribution in [0.1, 0.15) is 5.56 Å². The Bertz CT molecular complexity index is 597. The molecule has 2 rings (SSSR count). The van der Waals surface area contributed by atoms with Gasteiger partial charge in [-0.15, -0.1) is 0 Å². The maximum atomic E-state index is 12.0. The topological polar surface area (TPSA) is 50.4 Å². The standard InChI is InChI=1S/C17H19BrN2O2/c1-22-11-10-19-15-6-8-16(9-7-15)20-17(21)12-13-2-4-14(18)5-3-13/h2-9,19H,10-12H2,1H3,(H,20,21). The molecule has 0 spiro atoms. The Morgan fingerprint density at radius 3 is 2.32 bits per heavy atom. The number of carbonyl (C=O) groups excluding carboxylic acids is 1. The van der Waals surface area contributed by atoms with Gasteiger partial charge in [0, 0.05) is 29.5 Å². The number of methoxy groups -OCH3 is 1. The highest BCUT2D eigenvalue weighted by Gasteiger charge is 2.04.